The molecule has 1 amide bonds. The maximum absolute atomic E-state index is 13.4. The maximum Gasteiger partial charge on any atom is 0.257 e. The van der Waals surface area contributed by atoms with E-state index in [1.807, 2.05) is 60.7 Å². The molecule has 2 aromatic heterocycles. The third-order valence-electron chi connectivity index (χ3n) is 6.24. The Balaban J connectivity index is 1.52. The Morgan fingerprint density at radius 2 is 1.70 bits per heavy atom. The first-order valence-corrected chi connectivity index (χ1v) is 12.1. The quantitative estimate of drug-likeness (QED) is 0.307. The first-order valence-electron chi connectivity index (χ1n) is 12.1. The number of para-hydroxylation sites is 2. The summed E-state index contributed by atoms with van der Waals surface area (Å²) in [6.07, 6.45) is 1.70. The Kier molecular flexibility index (Phi) is 6.55. The predicted molar refractivity (Wildman–Crippen MR) is 147 cm³/mol. The number of carbonyl (C=O) groups is 1. The van der Waals surface area contributed by atoms with Crippen LogP contribution >= 0.6 is 0 Å². The summed E-state index contributed by atoms with van der Waals surface area (Å²) in [6, 6.07) is 23.1. The van der Waals surface area contributed by atoms with E-state index in [0.717, 1.165) is 16.9 Å². The summed E-state index contributed by atoms with van der Waals surface area (Å²) < 4.78 is 6.68. The van der Waals surface area contributed by atoms with E-state index in [2.05, 4.69) is 36.4 Å². The molecule has 0 aliphatic carbocycles. The van der Waals surface area contributed by atoms with Crippen LogP contribution in [-0.2, 0) is 6.54 Å². The van der Waals surface area contributed by atoms with E-state index in [-0.39, 0.29) is 17.3 Å². The molecule has 0 saturated carbocycles. The van der Waals surface area contributed by atoms with E-state index in [0.29, 0.717) is 34.7 Å². The molecule has 0 aliphatic heterocycles. The zero-order valence-electron chi connectivity index (χ0n) is 21.0. The Hall–Kier alpha value is -4.72. The van der Waals surface area contributed by atoms with Gasteiger partial charge < -0.3 is 15.8 Å². The van der Waals surface area contributed by atoms with E-state index in [9.17, 15) is 4.79 Å². The van der Waals surface area contributed by atoms with E-state index in [1.165, 1.54) is 10.2 Å². The van der Waals surface area contributed by atoms with Crippen molar-refractivity contribution in [1.29, 1.82) is 0 Å². The fourth-order valence-corrected chi connectivity index (χ4v) is 4.09. The summed E-state index contributed by atoms with van der Waals surface area (Å²) in [6.45, 7) is 4.63. The fourth-order valence-electron chi connectivity index (χ4n) is 4.09. The summed E-state index contributed by atoms with van der Waals surface area (Å²) in [5, 5.41) is 7.54. The van der Waals surface area contributed by atoms with Crippen molar-refractivity contribution >= 4 is 40.1 Å². The van der Waals surface area contributed by atoms with Gasteiger partial charge in [-0.15, -0.1) is 0 Å². The molecule has 3 N–H and O–H groups in total. The normalized spacial score (nSPS) is 11.6. The number of carbonyl (C=O) groups excluding carboxylic acids is 1. The summed E-state index contributed by atoms with van der Waals surface area (Å²) >= 11 is 0. The highest BCUT2D eigenvalue weighted by Gasteiger charge is 2.24. The Labute approximate surface area is 214 Å². The number of nitrogens with zero attached hydrogens (tertiary/aromatic N) is 4. The standard InChI is InChI=1S/C29H28N6O2/c1-18(2)21-12-8-20(9-13-21)17-32-35-27(30)25(26-28(35)34-24-7-5-4-6-23(24)33-26)29(36)31-16-19-10-14-22(37-3)15-11-19/h4-15,17-18H,16,30H2,1-3H3,(H,31,36). The second-order valence-corrected chi connectivity index (χ2v) is 9.05. The molecule has 186 valence electrons. The van der Waals surface area contributed by atoms with Crippen LogP contribution in [0.15, 0.2) is 77.9 Å². The van der Waals surface area contributed by atoms with Crippen molar-refractivity contribution in [1.82, 2.24) is 20.0 Å². The van der Waals surface area contributed by atoms with Gasteiger partial charge in [-0.2, -0.15) is 9.78 Å². The zero-order valence-corrected chi connectivity index (χ0v) is 21.0. The number of ether oxygens (including phenoxy) is 1. The van der Waals surface area contributed by atoms with Crippen molar-refractivity contribution in [2.75, 3.05) is 12.8 Å². The van der Waals surface area contributed by atoms with Gasteiger partial charge in [-0.1, -0.05) is 62.4 Å². The molecule has 5 rings (SSSR count). The number of nitrogen functional groups attached to an aromatic ring is 1. The minimum Gasteiger partial charge on any atom is -0.497 e. The lowest BCUT2D eigenvalue weighted by atomic mass is 10.0. The highest BCUT2D eigenvalue weighted by atomic mass is 16.5. The minimum absolute atomic E-state index is 0.174. The third-order valence-corrected chi connectivity index (χ3v) is 6.24. The minimum atomic E-state index is -0.349. The summed E-state index contributed by atoms with van der Waals surface area (Å²) in [4.78, 5) is 22.8. The third kappa shape index (κ3) is 4.86. The lowest BCUT2D eigenvalue weighted by molar-refractivity contribution is 0.0953. The van der Waals surface area contributed by atoms with Crippen LogP contribution in [0.5, 0.6) is 5.75 Å². The van der Waals surface area contributed by atoms with Gasteiger partial charge in [-0.05, 0) is 46.9 Å². The molecular formula is C29H28N6O2. The number of amides is 1. The van der Waals surface area contributed by atoms with Gasteiger partial charge >= 0.3 is 0 Å². The van der Waals surface area contributed by atoms with E-state index in [4.69, 9.17) is 20.4 Å². The first kappa shape index (κ1) is 24.0. The number of hydrogen-bond donors (Lipinski definition) is 2. The van der Waals surface area contributed by atoms with Crippen molar-refractivity contribution in [3.8, 4) is 5.75 Å². The number of methoxy groups -OCH3 is 1. The van der Waals surface area contributed by atoms with Crippen molar-refractivity contribution in [3.05, 3.63) is 95.1 Å². The van der Waals surface area contributed by atoms with Gasteiger partial charge in [0.15, 0.2) is 5.65 Å². The van der Waals surface area contributed by atoms with Gasteiger partial charge in [-0.3, -0.25) is 4.79 Å². The average Bonchev–Trinajstić information content (AvgIpc) is 3.19. The number of hydrogen-bond acceptors (Lipinski definition) is 6. The van der Waals surface area contributed by atoms with E-state index in [1.54, 1.807) is 13.3 Å². The van der Waals surface area contributed by atoms with Crippen LogP contribution in [0.25, 0.3) is 22.2 Å². The molecular weight excluding hydrogens is 464 g/mol. The van der Waals surface area contributed by atoms with E-state index < -0.39 is 0 Å². The van der Waals surface area contributed by atoms with Crippen LogP contribution in [0.1, 0.15) is 46.8 Å². The van der Waals surface area contributed by atoms with Crippen LogP contribution in [0.4, 0.5) is 5.82 Å². The van der Waals surface area contributed by atoms with Gasteiger partial charge in [0, 0.05) is 6.54 Å². The molecule has 0 fully saturated rings. The zero-order chi connectivity index (χ0) is 25.9. The van der Waals surface area contributed by atoms with Crippen molar-refractivity contribution in [3.63, 3.8) is 0 Å². The smallest absolute Gasteiger partial charge is 0.257 e. The maximum atomic E-state index is 13.4. The number of anilines is 1. The molecule has 5 aromatic rings. The van der Waals surface area contributed by atoms with Crippen LogP contribution in [0, 0.1) is 0 Å². The first-order chi connectivity index (χ1) is 17.9. The molecule has 0 bridgehead atoms. The van der Waals surface area contributed by atoms with Gasteiger partial charge in [-0.25, -0.2) is 9.97 Å². The molecule has 8 nitrogen and oxygen atoms in total. The molecule has 3 aromatic carbocycles. The number of nitrogens with two attached hydrogens (primary N) is 1. The molecule has 37 heavy (non-hydrogen) atoms. The van der Waals surface area contributed by atoms with Gasteiger partial charge in [0.25, 0.3) is 5.91 Å². The fraction of sp³-hybridized carbons (Fsp3) is 0.172. The Morgan fingerprint density at radius 1 is 1.03 bits per heavy atom. The number of benzene rings is 3. The van der Waals surface area contributed by atoms with Gasteiger partial charge in [0.1, 0.15) is 22.6 Å². The largest absolute Gasteiger partial charge is 0.497 e. The monoisotopic (exact) mass is 492 g/mol. The highest BCUT2D eigenvalue weighted by Crippen LogP contribution is 2.28. The molecule has 0 radical (unpaired) electrons. The van der Waals surface area contributed by atoms with Crippen molar-refractivity contribution < 1.29 is 9.53 Å². The topological polar surface area (TPSA) is 107 Å². The average molecular weight is 493 g/mol. The summed E-state index contributed by atoms with van der Waals surface area (Å²) in [5.74, 6) is 1.02. The molecule has 8 heteroatoms. The van der Waals surface area contributed by atoms with Crippen molar-refractivity contribution in [2.45, 2.75) is 26.3 Å². The summed E-state index contributed by atoms with van der Waals surface area (Å²) in [5.41, 5.74) is 12.0. The number of fused-ring (bicyclic) bond motifs is 2. The van der Waals surface area contributed by atoms with Gasteiger partial charge in [0.05, 0.1) is 24.4 Å². The Bertz CT molecular complexity index is 1600. The molecule has 0 spiro atoms. The van der Waals surface area contributed by atoms with Crippen LogP contribution in [0.3, 0.4) is 0 Å². The highest BCUT2D eigenvalue weighted by molar-refractivity contribution is 6.10. The van der Waals surface area contributed by atoms with Crippen molar-refractivity contribution in [2.24, 2.45) is 5.10 Å². The Morgan fingerprint density at radius 3 is 2.35 bits per heavy atom. The molecule has 0 aliphatic rings. The number of aromatic nitrogens is 3. The lowest BCUT2D eigenvalue weighted by Crippen LogP contribution is -2.23. The van der Waals surface area contributed by atoms with Crippen LogP contribution in [-0.4, -0.2) is 33.9 Å². The van der Waals surface area contributed by atoms with Crippen LogP contribution in [0.2, 0.25) is 0 Å². The second kappa shape index (κ2) is 10.1. The number of rotatable bonds is 7. The molecule has 0 atom stereocenters. The molecule has 0 unspecified atom stereocenters. The number of nitrogens with one attached hydrogen (secondary N) is 1. The SMILES string of the molecule is COc1ccc(CNC(=O)c2c(N)n(N=Cc3ccc(C(C)C)cc3)c3nc4ccccc4nc23)cc1. The molecule has 2 heterocycles. The van der Waals surface area contributed by atoms with E-state index >= 15 is 0 Å². The van der Waals surface area contributed by atoms with Gasteiger partial charge in [0.2, 0.25) is 0 Å². The second-order valence-electron chi connectivity index (χ2n) is 9.05. The summed E-state index contributed by atoms with van der Waals surface area (Å²) in [7, 11) is 1.61. The lowest BCUT2D eigenvalue weighted by Gasteiger charge is -2.07. The molecule has 0 saturated heterocycles. The van der Waals surface area contributed by atoms with Crippen LogP contribution < -0.4 is 15.8 Å². The predicted octanol–water partition coefficient (Wildman–Crippen LogP) is 5.11.